The van der Waals surface area contributed by atoms with E-state index in [1.807, 2.05) is 22.6 Å². The SMILES string of the molecule is COCC(CO)NC(=O)c1ccc(I)c(O)c1. The molecule has 5 nitrogen and oxygen atoms in total. The Labute approximate surface area is 113 Å². The van der Waals surface area contributed by atoms with Crippen LogP contribution in [0.1, 0.15) is 10.4 Å². The molecule has 0 saturated heterocycles. The molecule has 0 aliphatic heterocycles. The molecule has 0 saturated carbocycles. The lowest BCUT2D eigenvalue weighted by molar-refractivity contribution is 0.0839. The summed E-state index contributed by atoms with van der Waals surface area (Å²) >= 11 is 1.97. The molecule has 0 aliphatic carbocycles. The van der Waals surface area contributed by atoms with E-state index in [0.29, 0.717) is 9.13 Å². The molecule has 0 fully saturated rings. The number of aliphatic hydroxyl groups excluding tert-OH is 1. The molecule has 0 aromatic heterocycles. The molecule has 94 valence electrons. The van der Waals surface area contributed by atoms with Gasteiger partial charge >= 0.3 is 0 Å². The molecule has 0 spiro atoms. The minimum Gasteiger partial charge on any atom is -0.507 e. The third-order valence-corrected chi connectivity index (χ3v) is 3.04. The summed E-state index contributed by atoms with van der Waals surface area (Å²) in [4.78, 5) is 11.8. The number of aromatic hydroxyl groups is 1. The number of methoxy groups -OCH3 is 1. The zero-order valence-electron chi connectivity index (χ0n) is 9.31. The second kappa shape index (κ2) is 6.77. The van der Waals surface area contributed by atoms with Crippen molar-refractivity contribution in [2.75, 3.05) is 20.3 Å². The maximum absolute atomic E-state index is 11.8. The Bertz CT molecular complexity index is 397. The second-order valence-corrected chi connectivity index (χ2v) is 4.64. The number of phenolic OH excluding ortho intramolecular Hbond substituents is 1. The number of halogens is 1. The molecule has 0 aliphatic rings. The molecule has 0 radical (unpaired) electrons. The first-order chi connectivity index (χ1) is 8.08. The highest BCUT2D eigenvalue weighted by molar-refractivity contribution is 14.1. The van der Waals surface area contributed by atoms with Gasteiger partial charge in [-0.1, -0.05) is 0 Å². The number of phenols is 1. The molecule has 1 aromatic rings. The van der Waals surface area contributed by atoms with E-state index >= 15 is 0 Å². The number of ether oxygens (including phenoxy) is 1. The van der Waals surface area contributed by atoms with Gasteiger partial charge in [0.2, 0.25) is 0 Å². The van der Waals surface area contributed by atoms with Crippen molar-refractivity contribution in [3.8, 4) is 5.75 Å². The number of hydrogen-bond donors (Lipinski definition) is 3. The Kier molecular flexibility index (Phi) is 5.66. The van der Waals surface area contributed by atoms with Gasteiger partial charge in [0.15, 0.2) is 0 Å². The number of carbonyl (C=O) groups excluding carboxylic acids is 1. The van der Waals surface area contributed by atoms with Crippen molar-refractivity contribution in [1.29, 1.82) is 0 Å². The Morgan fingerprint density at radius 3 is 2.82 bits per heavy atom. The van der Waals surface area contributed by atoms with Gasteiger partial charge in [0.25, 0.3) is 5.91 Å². The highest BCUT2D eigenvalue weighted by atomic mass is 127. The summed E-state index contributed by atoms with van der Waals surface area (Å²) in [5.74, 6) is -0.293. The first kappa shape index (κ1) is 14.2. The number of carbonyl (C=O) groups is 1. The van der Waals surface area contributed by atoms with E-state index in [4.69, 9.17) is 9.84 Å². The summed E-state index contributed by atoms with van der Waals surface area (Å²) in [6, 6.07) is 4.19. The fraction of sp³-hybridized carbons (Fsp3) is 0.364. The van der Waals surface area contributed by atoms with Crippen LogP contribution in [-0.2, 0) is 4.74 Å². The van der Waals surface area contributed by atoms with Gasteiger partial charge in [0, 0.05) is 12.7 Å². The van der Waals surface area contributed by atoms with Crippen molar-refractivity contribution in [2.45, 2.75) is 6.04 Å². The topological polar surface area (TPSA) is 78.8 Å². The molecule has 1 atom stereocenters. The minimum absolute atomic E-state index is 0.0607. The standard InChI is InChI=1S/C11H14INO4/c1-17-6-8(5-14)13-11(16)7-2-3-9(12)10(15)4-7/h2-4,8,14-15H,5-6H2,1H3,(H,13,16). The zero-order valence-corrected chi connectivity index (χ0v) is 11.5. The largest absolute Gasteiger partial charge is 0.507 e. The van der Waals surface area contributed by atoms with Crippen molar-refractivity contribution < 1.29 is 19.7 Å². The molecule has 17 heavy (non-hydrogen) atoms. The number of aliphatic hydroxyl groups is 1. The lowest BCUT2D eigenvalue weighted by atomic mass is 10.2. The van der Waals surface area contributed by atoms with Crippen LogP contribution >= 0.6 is 22.6 Å². The van der Waals surface area contributed by atoms with E-state index in [9.17, 15) is 9.90 Å². The van der Waals surface area contributed by atoms with E-state index in [-0.39, 0.29) is 24.9 Å². The van der Waals surface area contributed by atoms with Crippen LogP contribution in [0.15, 0.2) is 18.2 Å². The summed E-state index contributed by atoms with van der Waals surface area (Å²) in [6.07, 6.45) is 0. The number of amides is 1. The summed E-state index contributed by atoms with van der Waals surface area (Å²) in [7, 11) is 1.49. The predicted octanol–water partition coefficient (Wildman–Crippen LogP) is 0.734. The summed E-state index contributed by atoms with van der Waals surface area (Å²) < 4.78 is 5.52. The second-order valence-electron chi connectivity index (χ2n) is 3.47. The van der Waals surface area contributed by atoms with Gasteiger partial charge in [0.1, 0.15) is 5.75 Å². The lowest BCUT2D eigenvalue weighted by Gasteiger charge is -2.15. The van der Waals surface area contributed by atoms with Gasteiger partial charge in [-0.3, -0.25) is 4.79 Å². The van der Waals surface area contributed by atoms with E-state index in [0.717, 1.165) is 0 Å². The molecule has 1 amide bonds. The van der Waals surface area contributed by atoms with Crippen LogP contribution in [0.5, 0.6) is 5.75 Å². The summed E-state index contributed by atoms with van der Waals surface area (Å²) in [5.41, 5.74) is 0.345. The summed E-state index contributed by atoms with van der Waals surface area (Å²) in [6.45, 7) is 0.0362. The Hall–Kier alpha value is -0.860. The predicted molar refractivity (Wildman–Crippen MR) is 71.0 cm³/mol. The van der Waals surface area contributed by atoms with E-state index in [1.165, 1.54) is 13.2 Å². The molecule has 0 bridgehead atoms. The van der Waals surface area contributed by atoms with Crippen molar-refractivity contribution in [1.82, 2.24) is 5.32 Å². The first-order valence-corrected chi connectivity index (χ1v) is 6.05. The number of benzene rings is 1. The Morgan fingerprint density at radius 1 is 1.59 bits per heavy atom. The zero-order chi connectivity index (χ0) is 12.8. The first-order valence-electron chi connectivity index (χ1n) is 4.97. The van der Waals surface area contributed by atoms with Gasteiger partial charge in [-0.05, 0) is 40.8 Å². The summed E-state index contributed by atoms with van der Waals surface area (Å²) in [5, 5.41) is 21.1. The fourth-order valence-corrected chi connectivity index (χ4v) is 1.60. The average Bonchev–Trinajstić information content (AvgIpc) is 2.31. The lowest BCUT2D eigenvalue weighted by Crippen LogP contribution is -2.40. The average molecular weight is 351 g/mol. The van der Waals surface area contributed by atoms with Gasteiger partial charge in [-0.25, -0.2) is 0 Å². The maximum atomic E-state index is 11.8. The minimum atomic E-state index is -0.450. The normalized spacial score (nSPS) is 12.2. The molecule has 1 unspecified atom stereocenters. The maximum Gasteiger partial charge on any atom is 0.251 e. The smallest absolute Gasteiger partial charge is 0.251 e. The van der Waals surface area contributed by atoms with Crippen molar-refractivity contribution in [2.24, 2.45) is 0 Å². The van der Waals surface area contributed by atoms with Crippen LogP contribution in [0.4, 0.5) is 0 Å². The van der Waals surface area contributed by atoms with Crippen LogP contribution < -0.4 is 5.32 Å². The molecular weight excluding hydrogens is 337 g/mol. The van der Waals surface area contributed by atoms with Crippen LogP contribution in [-0.4, -0.2) is 42.5 Å². The van der Waals surface area contributed by atoms with E-state index in [1.54, 1.807) is 12.1 Å². The van der Waals surface area contributed by atoms with Crippen molar-refractivity contribution in [3.63, 3.8) is 0 Å². The van der Waals surface area contributed by atoms with Crippen LogP contribution in [0.25, 0.3) is 0 Å². The van der Waals surface area contributed by atoms with Gasteiger partial charge < -0.3 is 20.3 Å². The van der Waals surface area contributed by atoms with Crippen LogP contribution in [0.2, 0.25) is 0 Å². The third-order valence-electron chi connectivity index (χ3n) is 2.13. The van der Waals surface area contributed by atoms with Crippen LogP contribution in [0.3, 0.4) is 0 Å². The number of hydrogen-bond acceptors (Lipinski definition) is 4. The van der Waals surface area contributed by atoms with Crippen molar-refractivity contribution in [3.05, 3.63) is 27.3 Å². The Balaban J connectivity index is 2.72. The van der Waals surface area contributed by atoms with Crippen LogP contribution in [0, 0.1) is 3.57 Å². The molecule has 1 aromatic carbocycles. The van der Waals surface area contributed by atoms with Crippen molar-refractivity contribution >= 4 is 28.5 Å². The number of rotatable bonds is 5. The number of nitrogens with one attached hydrogen (secondary N) is 1. The molecule has 3 N–H and O–H groups in total. The highest BCUT2D eigenvalue weighted by Crippen LogP contribution is 2.20. The fourth-order valence-electron chi connectivity index (χ4n) is 1.26. The quantitative estimate of drug-likeness (QED) is 0.684. The monoisotopic (exact) mass is 351 g/mol. The molecule has 1 rings (SSSR count). The van der Waals surface area contributed by atoms with E-state index < -0.39 is 6.04 Å². The van der Waals surface area contributed by atoms with Gasteiger partial charge in [-0.2, -0.15) is 0 Å². The third kappa shape index (κ3) is 4.14. The molecule has 6 heteroatoms. The highest BCUT2D eigenvalue weighted by Gasteiger charge is 2.13. The van der Waals surface area contributed by atoms with Gasteiger partial charge in [-0.15, -0.1) is 0 Å². The molecule has 0 heterocycles. The van der Waals surface area contributed by atoms with E-state index in [2.05, 4.69) is 5.32 Å². The Morgan fingerprint density at radius 2 is 2.29 bits per heavy atom. The van der Waals surface area contributed by atoms with Gasteiger partial charge in [0.05, 0.1) is 22.8 Å². The molecular formula is C11H14INO4.